The molecule has 11 heteroatoms. The Kier molecular flexibility index (Phi) is 9.40. The fraction of sp³-hybridized carbons (Fsp3) is 0.324. The van der Waals surface area contributed by atoms with Crippen molar-refractivity contribution in [2.24, 2.45) is 0 Å². The van der Waals surface area contributed by atoms with E-state index in [0.29, 0.717) is 36.5 Å². The van der Waals surface area contributed by atoms with Crippen molar-refractivity contribution in [1.82, 2.24) is 29.0 Å². The minimum absolute atomic E-state index is 0.0595. The van der Waals surface area contributed by atoms with E-state index in [1.165, 1.54) is 12.1 Å². The van der Waals surface area contributed by atoms with Gasteiger partial charge in [0.15, 0.2) is 0 Å². The number of amides is 1. The van der Waals surface area contributed by atoms with Gasteiger partial charge in [-0.1, -0.05) is 24.1 Å². The molecule has 0 aliphatic carbocycles. The van der Waals surface area contributed by atoms with Crippen molar-refractivity contribution in [3.8, 4) is 11.8 Å². The van der Waals surface area contributed by atoms with E-state index in [1.54, 1.807) is 18.3 Å². The normalized spacial score (nSPS) is 14.3. The monoisotopic (exact) mass is 653 g/mol. The van der Waals surface area contributed by atoms with Crippen LogP contribution in [0.15, 0.2) is 73.3 Å². The summed E-state index contributed by atoms with van der Waals surface area (Å²) in [6, 6.07) is 13.4. The molecule has 4 heterocycles. The first-order valence-corrected chi connectivity index (χ1v) is 16.0. The van der Waals surface area contributed by atoms with Gasteiger partial charge in [0, 0.05) is 74.4 Å². The number of fused-ring (bicyclic) bond motifs is 1. The van der Waals surface area contributed by atoms with Crippen LogP contribution < -0.4 is 5.32 Å². The number of imidazole rings is 1. The van der Waals surface area contributed by atoms with E-state index in [1.807, 2.05) is 64.7 Å². The Morgan fingerprint density at radius 2 is 1.79 bits per heavy atom. The molecule has 1 fully saturated rings. The van der Waals surface area contributed by atoms with Crippen LogP contribution in [0.3, 0.4) is 0 Å². The zero-order valence-electron chi connectivity index (χ0n) is 27.5. The van der Waals surface area contributed by atoms with Crippen molar-refractivity contribution >= 4 is 17.2 Å². The average molecular weight is 654 g/mol. The van der Waals surface area contributed by atoms with Gasteiger partial charge in [-0.2, -0.15) is 18.3 Å². The minimum atomic E-state index is -4.58. The molecule has 6 rings (SSSR count). The van der Waals surface area contributed by atoms with Crippen LogP contribution in [0.5, 0.6) is 0 Å². The molecule has 1 aliphatic rings. The Bertz CT molecular complexity index is 2010. The summed E-state index contributed by atoms with van der Waals surface area (Å²) in [7, 11) is 2.00. The lowest BCUT2D eigenvalue weighted by Gasteiger charge is -2.33. The molecule has 0 atom stereocenters. The van der Waals surface area contributed by atoms with Gasteiger partial charge in [0.2, 0.25) is 0 Å². The molecule has 0 spiro atoms. The van der Waals surface area contributed by atoms with E-state index in [0.717, 1.165) is 41.5 Å². The number of pyridine rings is 1. The molecule has 2 aromatic carbocycles. The smallest absolute Gasteiger partial charge is 0.322 e. The Hall–Kier alpha value is -4.92. The first-order valence-electron chi connectivity index (χ1n) is 16.0. The zero-order valence-corrected chi connectivity index (χ0v) is 27.5. The van der Waals surface area contributed by atoms with Crippen molar-refractivity contribution < 1.29 is 18.0 Å². The van der Waals surface area contributed by atoms with E-state index in [4.69, 9.17) is 0 Å². The predicted octanol–water partition coefficient (Wildman–Crippen LogP) is 6.43. The predicted molar refractivity (Wildman–Crippen MR) is 180 cm³/mol. The molecule has 248 valence electrons. The van der Waals surface area contributed by atoms with Crippen LogP contribution in [0, 0.1) is 18.8 Å². The average Bonchev–Trinajstić information content (AvgIpc) is 3.70. The third-order valence-corrected chi connectivity index (χ3v) is 8.68. The van der Waals surface area contributed by atoms with Crippen LogP contribution >= 0.6 is 0 Å². The first-order chi connectivity index (χ1) is 22.9. The minimum Gasteiger partial charge on any atom is -0.322 e. The molecule has 5 aromatic rings. The third-order valence-electron chi connectivity index (χ3n) is 8.68. The molecule has 1 aliphatic heterocycles. The summed E-state index contributed by atoms with van der Waals surface area (Å²) in [5.74, 6) is 5.77. The molecule has 0 radical (unpaired) electrons. The molecule has 0 bridgehead atoms. The zero-order chi connectivity index (χ0) is 34.0. The highest BCUT2D eigenvalue weighted by atomic mass is 19.4. The number of anilines is 1. The number of hydrogen-bond acceptors (Lipinski definition) is 5. The third kappa shape index (κ3) is 7.46. The lowest BCUT2D eigenvalue weighted by molar-refractivity contribution is -0.138. The van der Waals surface area contributed by atoms with Gasteiger partial charge in [-0.3, -0.25) is 18.8 Å². The highest BCUT2D eigenvalue weighted by Crippen LogP contribution is 2.34. The van der Waals surface area contributed by atoms with Gasteiger partial charge >= 0.3 is 6.18 Å². The number of nitrogens with one attached hydrogen (secondary N) is 1. The summed E-state index contributed by atoms with van der Waals surface area (Å²) in [6.07, 6.45) is 3.68. The van der Waals surface area contributed by atoms with Gasteiger partial charge in [0.25, 0.3) is 5.91 Å². The first kappa shape index (κ1) is 33.0. The summed E-state index contributed by atoms with van der Waals surface area (Å²) >= 11 is 0. The lowest BCUT2D eigenvalue weighted by atomic mass is 10.0. The highest BCUT2D eigenvalue weighted by molar-refractivity contribution is 6.04. The number of aromatic nitrogens is 4. The van der Waals surface area contributed by atoms with E-state index < -0.39 is 17.6 Å². The number of carbonyl (C=O) groups is 1. The van der Waals surface area contributed by atoms with Crippen LogP contribution in [0.4, 0.5) is 18.9 Å². The fourth-order valence-corrected chi connectivity index (χ4v) is 5.81. The lowest BCUT2D eigenvalue weighted by Crippen LogP contribution is -2.44. The Morgan fingerprint density at radius 1 is 1.00 bits per heavy atom. The quantitative estimate of drug-likeness (QED) is 0.205. The number of hydrogen-bond donors (Lipinski definition) is 1. The van der Waals surface area contributed by atoms with Gasteiger partial charge in [-0.05, 0) is 86.3 Å². The Morgan fingerprint density at radius 3 is 2.52 bits per heavy atom. The molecule has 0 saturated carbocycles. The Balaban J connectivity index is 1.19. The maximum absolute atomic E-state index is 14.1. The summed E-state index contributed by atoms with van der Waals surface area (Å²) in [5, 5.41) is 7.20. The highest BCUT2D eigenvalue weighted by Gasteiger charge is 2.34. The molecule has 0 unspecified atom stereocenters. The molecular formula is C37H38F3N7O. The van der Waals surface area contributed by atoms with Crippen LogP contribution in [0.1, 0.15) is 69.3 Å². The molecule has 1 saturated heterocycles. The van der Waals surface area contributed by atoms with Gasteiger partial charge < -0.3 is 10.2 Å². The van der Waals surface area contributed by atoms with Crippen LogP contribution in [0.2, 0.25) is 0 Å². The standard InChI is InChI=1S/C37H38F3N7O/c1-25(2)47-23-27(21-42-47)18-29-6-5-13-46-33(22-41-35(29)46)12-10-28-19-32(11-7-26(28)3)43-36(48)30-8-9-31(34(20-30)37(38,39)40)24-45-16-14-44(4)15-17-45/h5-9,11,13,19-23,25H,14-18,24H2,1-4H3,(H,43,48). The van der Waals surface area contributed by atoms with E-state index >= 15 is 0 Å². The Labute approximate surface area is 278 Å². The van der Waals surface area contributed by atoms with Crippen molar-refractivity contribution in [1.29, 1.82) is 0 Å². The molecule has 48 heavy (non-hydrogen) atoms. The second-order valence-corrected chi connectivity index (χ2v) is 12.7. The van der Waals surface area contributed by atoms with Crippen molar-refractivity contribution in [3.63, 3.8) is 0 Å². The molecular weight excluding hydrogens is 615 g/mol. The number of aryl methyl sites for hydroxylation is 1. The van der Waals surface area contributed by atoms with Crippen LogP contribution in [-0.2, 0) is 19.1 Å². The SMILES string of the molecule is Cc1ccc(NC(=O)c2ccc(CN3CCN(C)CC3)c(C(F)(F)F)c2)cc1C#Cc1cnc2c(Cc3cnn(C(C)C)c3)cccn12. The number of carbonyl (C=O) groups excluding carboxylic acids is 1. The van der Waals surface area contributed by atoms with Gasteiger partial charge in [-0.25, -0.2) is 4.98 Å². The number of benzene rings is 2. The fourth-order valence-electron chi connectivity index (χ4n) is 5.81. The summed E-state index contributed by atoms with van der Waals surface area (Å²) in [4.78, 5) is 22.0. The number of nitrogens with zero attached hydrogens (tertiary/aromatic N) is 6. The van der Waals surface area contributed by atoms with E-state index in [9.17, 15) is 18.0 Å². The number of rotatable bonds is 7. The van der Waals surface area contributed by atoms with Gasteiger partial charge in [0.05, 0.1) is 18.0 Å². The second-order valence-electron chi connectivity index (χ2n) is 12.7. The van der Waals surface area contributed by atoms with Crippen molar-refractivity contribution in [3.05, 3.63) is 118 Å². The second kappa shape index (κ2) is 13.7. The van der Waals surface area contributed by atoms with Crippen molar-refractivity contribution in [2.45, 2.75) is 46.0 Å². The summed E-state index contributed by atoms with van der Waals surface area (Å²) in [5.41, 5.74) is 4.99. The molecule has 1 amide bonds. The number of alkyl halides is 3. The van der Waals surface area contributed by atoms with Crippen LogP contribution in [-0.4, -0.2) is 68.1 Å². The van der Waals surface area contributed by atoms with E-state index in [-0.39, 0.29) is 23.7 Å². The maximum atomic E-state index is 14.1. The largest absolute Gasteiger partial charge is 0.416 e. The topological polar surface area (TPSA) is 70.7 Å². The molecule has 1 N–H and O–H groups in total. The van der Waals surface area contributed by atoms with Crippen molar-refractivity contribution in [2.75, 3.05) is 38.5 Å². The summed E-state index contributed by atoms with van der Waals surface area (Å²) < 4.78 is 46.2. The number of piperazine rings is 1. The van der Waals surface area contributed by atoms with Gasteiger partial charge in [-0.15, -0.1) is 0 Å². The number of likely N-dealkylation sites (N-methyl/N-ethyl adjacent to an activating group) is 1. The summed E-state index contributed by atoms with van der Waals surface area (Å²) in [6.45, 7) is 9.26. The number of halogens is 3. The molecule has 3 aromatic heterocycles. The van der Waals surface area contributed by atoms with Crippen LogP contribution in [0.25, 0.3) is 5.65 Å². The van der Waals surface area contributed by atoms with E-state index in [2.05, 4.69) is 46.0 Å². The van der Waals surface area contributed by atoms with Gasteiger partial charge in [0.1, 0.15) is 11.3 Å². The molecule has 8 nitrogen and oxygen atoms in total. The maximum Gasteiger partial charge on any atom is 0.416 e.